The summed E-state index contributed by atoms with van der Waals surface area (Å²) in [4.78, 5) is 5.68. The fourth-order valence-corrected chi connectivity index (χ4v) is 3.46. The first-order valence-corrected chi connectivity index (χ1v) is 9.20. The molecule has 1 aromatic rings. The van der Waals surface area contributed by atoms with Gasteiger partial charge in [0, 0.05) is 54.9 Å². The lowest BCUT2D eigenvalue weighted by atomic mass is 10.3. The van der Waals surface area contributed by atoms with Crippen LogP contribution in [0.3, 0.4) is 0 Å². The molecule has 7 heteroatoms. The summed E-state index contributed by atoms with van der Waals surface area (Å²) in [5.41, 5.74) is 0. The predicted octanol–water partition coefficient (Wildman–Crippen LogP) is 1.92. The Kier molecular flexibility index (Phi) is 7.75. The highest BCUT2D eigenvalue weighted by molar-refractivity contribution is 7.99. The molecule has 0 radical (unpaired) electrons. The molecular weight excluding hydrogens is 338 g/mol. The maximum Gasteiger partial charge on any atom is 0.169 e. The lowest BCUT2D eigenvalue weighted by Crippen LogP contribution is -2.52. The third-order valence-corrected chi connectivity index (χ3v) is 5.20. The number of thiocarbonyl (C=S) groups is 1. The van der Waals surface area contributed by atoms with Crippen molar-refractivity contribution in [1.29, 1.82) is 0 Å². The van der Waals surface area contributed by atoms with Crippen LogP contribution in [-0.4, -0.2) is 71.6 Å². The Morgan fingerprint density at radius 1 is 1.23 bits per heavy atom. The van der Waals surface area contributed by atoms with Crippen molar-refractivity contribution < 1.29 is 5.11 Å². The van der Waals surface area contributed by atoms with Crippen molar-refractivity contribution in [2.45, 2.75) is 4.90 Å². The molecule has 0 atom stereocenters. The molecular formula is C15H22ClN3OS2. The lowest BCUT2D eigenvalue weighted by molar-refractivity contribution is 0.146. The summed E-state index contributed by atoms with van der Waals surface area (Å²) in [5.74, 6) is 0.965. The Bertz CT molecular complexity index is 464. The minimum atomic E-state index is 0.227. The fourth-order valence-electron chi connectivity index (χ4n) is 2.29. The molecule has 0 aliphatic carbocycles. The molecule has 1 fully saturated rings. The van der Waals surface area contributed by atoms with Gasteiger partial charge in [-0.25, -0.2) is 0 Å². The van der Waals surface area contributed by atoms with E-state index in [1.807, 2.05) is 24.3 Å². The summed E-state index contributed by atoms with van der Waals surface area (Å²) >= 11 is 13.1. The standard InChI is InChI=1S/C15H22ClN3OS2/c16-13-1-3-14(4-2-13)22-12-5-17-15(21)19-8-6-18(7-9-19)10-11-20/h1-4,20H,5-12H2,(H,17,21). The number of aliphatic hydroxyl groups excluding tert-OH is 1. The van der Waals surface area contributed by atoms with Gasteiger partial charge in [0.1, 0.15) is 0 Å². The molecule has 0 amide bonds. The topological polar surface area (TPSA) is 38.7 Å². The molecule has 0 spiro atoms. The first kappa shape index (κ1) is 17.8. The number of hydrogen-bond donors (Lipinski definition) is 2. The Hall–Kier alpha value is -0.530. The molecule has 2 N–H and O–H groups in total. The van der Waals surface area contributed by atoms with Gasteiger partial charge >= 0.3 is 0 Å². The first-order valence-electron chi connectivity index (χ1n) is 7.43. The average Bonchev–Trinajstić information content (AvgIpc) is 2.54. The van der Waals surface area contributed by atoms with Gasteiger partial charge in [0.25, 0.3) is 0 Å². The van der Waals surface area contributed by atoms with Crippen LogP contribution in [0.2, 0.25) is 5.02 Å². The van der Waals surface area contributed by atoms with Crippen molar-refractivity contribution in [3.05, 3.63) is 29.3 Å². The van der Waals surface area contributed by atoms with E-state index in [2.05, 4.69) is 15.1 Å². The van der Waals surface area contributed by atoms with Crippen LogP contribution in [0.5, 0.6) is 0 Å². The van der Waals surface area contributed by atoms with E-state index in [-0.39, 0.29) is 6.61 Å². The summed E-state index contributed by atoms with van der Waals surface area (Å²) in [6.07, 6.45) is 0. The van der Waals surface area contributed by atoms with Crippen molar-refractivity contribution in [1.82, 2.24) is 15.1 Å². The zero-order chi connectivity index (χ0) is 15.8. The van der Waals surface area contributed by atoms with Crippen molar-refractivity contribution >= 4 is 40.7 Å². The minimum absolute atomic E-state index is 0.227. The van der Waals surface area contributed by atoms with Gasteiger partial charge in [0.15, 0.2) is 5.11 Å². The van der Waals surface area contributed by atoms with E-state index in [9.17, 15) is 0 Å². The van der Waals surface area contributed by atoms with Crippen molar-refractivity contribution in [2.24, 2.45) is 0 Å². The fraction of sp³-hybridized carbons (Fsp3) is 0.533. The minimum Gasteiger partial charge on any atom is -0.395 e. The van der Waals surface area contributed by atoms with Gasteiger partial charge < -0.3 is 15.3 Å². The Morgan fingerprint density at radius 3 is 2.55 bits per heavy atom. The zero-order valence-corrected chi connectivity index (χ0v) is 14.9. The van der Waals surface area contributed by atoms with E-state index >= 15 is 0 Å². The Labute approximate surface area is 146 Å². The number of piperazine rings is 1. The summed E-state index contributed by atoms with van der Waals surface area (Å²) in [7, 11) is 0. The highest BCUT2D eigenvalue weighted by Crippen LogP contribution is 2.19. The van der Waals surface area contributed by atoms with Crippen molar-refractivity contribution in [2.75, 3.05) is 51.6 Å². The number of halogens is 1. The lowest BCUT2D eigenvalue weighted by Gasteiger charge is -2.35. The van der Waals surface area contributed by atoms with E-state index in [1.165, 1.54) is 4.90 Å². The molecule has 1 aromatic carbocycles. The number of hydrogen-bond acceptors (Lipinski definition) is 4. The smallest absolute Gasteiger partial charge is 0.169 e. The van der Waals surface area contributed by atoms with Crippen LogP contribution in [0, 0.1) is 0 Å². The molecule has 1 aliphatic heterocycles. The van der Waals surface area contributed by atoms with Crippen LogP contribution >= 0.6 is 35.6 Å². The maximum absolute atomic E-state index is 8.94. The Morgan fingerprint density at radius 2 is 1.91 bits per heavy atom. The quantitative estimate of drug-likeness (QED) is 0.459. The van der Waals surface area contributed by atoms with Crippen LogP contribution in [-0.2, 0) is 0 Å². The highest BCUT2D eigenvalue weighted by atomic mass is 35.5. The Balaban J connectivity index is 1.61. The zero-order valence-electron chi connectivity index (χ0n) is 12.5. The number of β-amino-alcohol motifs (C(OH)–C–C–N with tert-alkyl or cyclic N) is 1. The summed E-state index contributed by atoms with van der Waals surface area (Å²) in [5, 5.41) is 13.9. The van der Waals surface area contributed by atoms with E-state index in [4.69, 9.17) is 28.9 Å². The third kappa shape index (κ3) is 5.93. The van der Waals surface area contributed by atoms with E-state index < -0.39 is 0 Å². The molecule has 1 saturated heterocycles. The molecule has 0 unspecified atom stereocenters. The van der Waals surface area contributed by atoms with Crippen LogP contribution in [0.25, 0.3) is 0 Å². The van der Waals surface area contributed by atoms with Crippen LogP contribution < -0.4 is 5.32 Å². The molecule has 22 heavy (non-hydrogen) atoms. The number of rotatable bonds is 6. The van der Waals surface area contributed by atoms with Gasteiger partial charge in [-0.15, -0.1) is 11.8 Å². The van der Waals surface area contributed by atoms with Crippen molar-refractivity contribution in [3.8, 4) is 0 Å². The highest BCUT2D eigenvalue weighted by Gasteiger charge is 2.17. The van der Waals surface area contributed by atoms with Crippen LogP contribution in [0.15, 0.2) is 29.2 Å². The largest absolute Gasteiger partial charge is 0.395 e. The van der Waals surface area contributed by atoms with Gasteiger partial charge in [-0.05, 0) is 36.5 Å². The van der Waals surface area contributed by atoms with Gasteiger partial charge in [-0.1, -0.05) is 11.6 Å². The molecule has 122 valence electrons. The monoisotopic (exact) mass is 359 g/mol. The molecule has 0 aromatic heterocycles. The number of benzene rings is 1. The average molecular weight is 360 g/mol. The SMILES string of the molecule is OCCN1CCN(C(=S)NCCSc2ccc(Cl)cc2)CC1. The van der Waals surface area contributed by atoms with Crippen molar-refractivity contribution in [3.63, 3.8) is 0 Å². The van der Waals surface area contributed by atoms with E-state index in [0.717, 1.165) is 55.2 Å². The molecule has 0 saturated carbocycles. The summed E-state index contributed by atoms with van der Waals surface area (Å²) in [6.45, 7) is 5.61. The van der Waals surface area contributed by atoms with Gasteiger partial charge in [-0.3, -0.25) is 4.90 Å². The van der Waals surface area contributed by atoms with Gasteiger partial charge in [0.2, 0.25) is 0 Å². The summed E-state index contributed by atoms with van der Waals surface area (Å²) in [6, 6.07) is 7.89. The molecule has 4 nitrogen and oxygen atoms in total. The molecule has 2 rings (SSSR count). The molecule has 1 heterocycles. The second-order valence-electron chi connectivity index (χ2n) is 5.09. The predicted molar refractivity (Wildman–Crippen MR) is 97.9 cm³/mol. The normalized spacial score (nSPS) is 15.8. The third-order valence-electron chi connectivity index (χ3n) is 3.54. The first-order chi connectivity index (χ1) is 10.7. The van der Waals surface area contributed by atoms with Crippen LogP contribution in [0.1, 0.15) is 0 Å². The second-order valence-corrected chi connectivity index (χ2v) is 7.08. The van der Waals surface area contributed by atoms with Gasteiger partial charge in [0.05, 0.1) is 6.61 Å². The van der Waals surface area contributed by atoms with Gasteiger partial charge in [-0.2, -0.15) is 0 Å². The molecule has 0 bridgehead atoms. The maximum atomic E-state index is 8.94. The van der Waals surface area contributed by atoms with Crippen LogP contribution in [0.4, 0.5) is 0 Å². The number of aliphatic hydroxyl groups is 1. The van der Waals surface area contributed by atoms with E-state index in [0.29, 0.717) is 0 Å². The molecule has 1 aliphatic rings. The second kappa shape index (κ2) is 9.57. The number of nitrogens with zero attached hydrogens (tertiary/aromatic N) is 2. The van der Waals surface area contributed by atoms with E-state index in [1.54, 1.807) is 11.8 Å². The number of nitrogens with one attached hydrogen (secondary N) is 1. The summed E-state index contributed by atoms with van der Waals surface area (Å²) < 4.78 is 0. The number of thioether (sulfide) groups is 1.